The van der Waals surface area contributed by atoms with Gasteiger partial charge in [-0.15, -0.1) is 0 Å². The SMILES string of the molecule is O=C(O)c1ccc(-c2nn(C(=O)c3c(Cl)cccc3C(F)(F)F)c3cc(C(=O)NCC4CC4)cnc23)c(F)c1. The average Bonchev–Trinajstić information content (AvgIpc) is 3.65. The van der Waals surface area contributed by atoms with Gasteiger partial charge in [0.2, 0.25) is 0 Å². The Kier molecular flexibility index (Phi) is 6.59. The summed E-state index contributed by atoms with van der Waals surface area (Å²) in [6.45, 7) is 0.427. The molecule has 13 heteroatoms. The van der Waals surface area contributed by atoms with E-state index in [4.69, 9.17) is 16.7 Å². The number of nitrogens with zero attached hydrogens (tertiary/aromatic N) is 3. The summed E-state index contributed by atoms with van der Waals surface area (Å²) in [6.07, 6.45) is -1.81. The Labute approximate surface area is 222 Å². The van der Waals surface area contributed by atoms with Gasteiger partial charge in [-0.3, -0.25) is 14.6 Å². The molecule has 2 aromatic heterocycles. The zero-order valence-corrected chi connectivity index (χ0v) is 20.5. The highest BCUT2D eigenvalue weighted by Gasteiger charge is 2.37. The number of aromatic carboxylic acids is 1. The standard InChI is InChI=1S/C26H17ClF4N4O4/c27-17-3-1-2-16(26(29,30)31)20(17)24(37)35-19-9-14(23(36)33-10-12-4-5-12)11-32-22(19)21(34-35)15-7-6-13(25(38)39)8-18(15)28/h1-3,6-9,11-12H,4-5,10H2,(H,33,36)(H,38,39). The second-order valence-corrected chi connectivity index (χ2v) is 9.38. The Morgan fingerprint density at radius 3 is 2.49 bits per heavy atom. The van der Waals surface area contributed by atoms with Crippen molar-refractivity contribution in [2.45, 2.75) is 19.0 Å². The molecule has 0 spiro atoms. The monoisotopic (exact) mass is 560 g/mol. The van der Waals surface area contributed by atoms with Crippen molar-refractivity contribution in [2.75, 3.05) is 6.54 Å². The molecule has 0 bridgehead atoms. The van der Waals surface area contributed by atoms with E-state index in [0.717, 1.165) is 43.2 Å². The summed E-state index contributed by atoms with van der Waals surface area (Å²) in [6, 6.07) is 6.98. The van der Waals surface area contributed by atoms with Crippen molar-refractivity contribution in [3.05, 3.63) is 81.8 Å². The number of hydrogen-bond donors (Lipinski definition) is 2. The number of amides is 1. The molecule has 0 unspecified atom stereocenters. The maximum Gasteiger partial charge on any atom is 0.417 e. The minimum absolute atomic E-state index is 0.000510. The minimum Gasteiger partial charge on any atom is -0.478 e. The van der Waals surface area contributed by atoms with E-state index in [1.165, 1.54) is 12.3 Å². The zero-order valence-electron chi connectivity index (χ0n) is 19.7. The van der Waals surface area contributed by atoms with E-state index in [1.54, 1.807) is 0 Å². The summed E-state index contributed by atoms with van der Waals surface area (Å²) < 4.78 is 56.9. The third-order valence-corrected chi connectivity index (χ3v) is 6.54. The second kappa shape index (κ2) is 9.77. The number of halogens is 5. The molecule has 0 aliphatic heterocycles. The lowest BCUT2D eigenvalue weighted by Crippen LogP contribution is -2.25. The normalized spacial score (nSPS) is 13.5. The van der Waals surface area contributed by atoms with Gasteiger partial charge in [0, 0.05) is 18.3 Å². The van der Waals surface area contributed by atoms with Crippen molar-refractivity contribution in [2.24, 2.45) is 5.92 Å². The van der Waals surface area contributed by atoms with Gasteiger partial charge in [0.1, 0.15) is 17.0 Å². The highest BCUT2D eigenvalue weighted by atomic mass is 35.5. The Hall–Kier alpha value is -4.32. The number of benzene rings is 2. The molecule has 2 aromatic carbocycles. The number of carbonyl (C=O) groups is 3. The first-order valence-corrected chi connectivity index (χ1v) is 11.9. The third kappa shape index (κ3) is 5.07. The predicted molar refractivity (Wildman–Crippen MR) is 131 cm³/mol. The van der Waals surface area contributed by atoms with Crippen LogP contribution in [0.25, 0.3) is 22.3 Å². The van der Waals surface area contributed by atoms with Crippen LogP contribution < -0.4 is 5.32 Å². The van der Waals surface area contributed by atoms with Gasteiger partial charge in [-0.1, -0.05) is 17.7 Å². The van der Waals surface area contributed by atoms with Crippen LogP contribution in [0.4, 0.5) is 17.6 Å². The van der Waals surface area contributed by atoms with Crippen LogP contribution in [-0.2, 0) is 6.18 Å². The number of aromatic nitrogens is 3. The summed E-state index contributed by atoms with van der Waals surface area (Å²) in [5.74, 6) is -3.85. The van der Waals surface area contributed by atoms with Crippen LogP contribution in [0.5, 0.6) is 0 Å². The van der Waals surface area contributed by atoms with Crippen LogP contribution >= 0.6 is 11.6 Å². The summed E-state index contributed by atoms with van der Waals surface area (Å²) in [5.41, 5.74) is -3.36. The van der Waals surface area contributed by atoms with Crippen LogP contribution in [0, 0.1) is 11.7 Å². The lowest BCUT2D eigenvalue weighted by molar-refractivity contribution is -0.137. The van der Waals surface area contributed by atoms with E-state index in [2.05, 4.69) is 15.4 Å². The van der Waals surface area contributed by atoms with Crippen LogP contribution in [0.1, 0.15) is 49.5 Å². The van der Waals surface area contributed by atoms with E-state index in [0.29, 0.717) is 23.2 Å². The smallest absolute Gasteiger partial charge is 0.417 e. The molecular weight excluding hydrogens is 544 g/mol. The van der Waals surface area contributed by atoms with E-state index in [-0.39, 0.29) is 33.4 Å². The topological polar surface area (TPSA) is 114 Å². The number of pyridine rings is 1. The van der Waals surface area contributed by atoms with Crippen LogP contribution in [0.3, 0.4) is 0 Å². The van der Waals surface area contributed by atoms with Gasteiger partial charge >= 0.3 is 12.1 Å². The van der Waals surface area contributed by atoms with Crippen LogP contribution in [-0.4, -0.2) is 44.2 Å². The summed E-state index contributed by atoms with van der Waals surface area (Å²) >= 11 is 6.03. The summed E-state index contributed by atoms with van der Waals surface area (Å²) in [5, 5.41) is 15.5. The van der Waals surface area contributed by atoms with Crippen molar-refractivity contribution in [3.8, 4) is 11.3 Å². The molecule has 1 fully saturated rings. The van der Waals surface area contributed by atoms with Crippen molar-refractivity contribution in [1.29, 1.82) is 0 Å². The Bertz CT molecular complexity index is 1660. The maximum absolute atomic E-state index is 15.0. The molecule has 2 heterocycles. The molecule has 200 valence electrons. The molecular formula is C26H17ClF4N4O4. The second-order valence-electron chi connectivity index (χ2n) is 8.97. The molecule has 1 aliphatic rings. The van der Waals surface area contributed by atoms with Crippen molar-refractivity contribution < 1.29 is 37.1 Å². The van der Waals surface area contributed by atoms with Crippen molar-refractivity contribution in [3.63, 3.8) is 0 Å². The minimum atomic E-state index is -4.94. The van der Waals surface area contributed by atoms with E-state index >= 15 is 0 Å². The first-order chi connectivity index (χ1) is 18.5. The van der Waals surface area contributed by atoms with Crippen molar-refractivity contribution in [1.82, 2.24) is 20.1 Å². The van der Waals surface area contributed by atoms with Crippen molar-refractivity contribution >= 4 is 40.4 Å². The fourth-order valence-corrected chi connectivity index (χ4v) is 4.30. The van der Waals surface area contributed by atoms with Gasteiger partial charge < -0.3 is 10.4 Å². The Balaban J connectivity index is 1.70. The largest absolute Gasteiger partial charge is 0.478 e. The highest BCUT2D eigenvalue weighted by molar-refractivity contribution is 6.34. The number of carbonyl (C=O) groups excluding carboxylic acids is 2. The molecule has 0 atom stereocenters. The maximum atomic E-state index is 15.0. The van der Waals surface area contributed by atoms with Gasteiger partial charge in [0.05, 0.1) is 32.8 Å². The van der Waals surface area contributed by atoms with Gasteiger partial charge in [-0.05, 0) is 55.2 Å². The van der Waals surface area contributed by atoms with Gasteiger partial charge in [0.25, 0.3) is 11.8 Å². The fraction of sp³-hybridized carbons (Fsp3) is 0.192. The third-order valence-electron chi connectivity index (χ3n) is 6.23. The number of alkyl halides is 3. The summed E-state index contributed by atoms with van der Waals surface area (Å²) in [4.78, 5) is 41.6. The average molecular weight is 561 g/mol. The Morgan fingerprint density at radius 2 is 1.85 bits per heavy atom. The Morgan fingerprint density at radius 1 is 1.10 bits per heavy atom. The highest BCUT2D eigenvalue weighted by Crippen LogP contribution is 2.37. The molecule has 0 radical (unpaired) electrons. The molecule has 1 amide bonds. The number of hydrogen-bond acceptors (Lipinski definition) is 5. The van der Waals surface area contributed by atoms with E-state index in [9.17, 15) is 31.9 Å². The number of carboxylic acids is 1. The molecule has 2 N–H and O–H groups in total. The predicted octanol–water partition coefficient (Wildman–Crippen LogP) is 5.44. The molecule has 39 heavy (non-hydrogen) atoms. The molecule has 5 rings (SSSR count). The fourth-order valence-electron chi connectivity index (χ4n) is 4.04. The number of rotatable bonds is 6. The number of nitrogens with one attached hydrogen (secondary N) is 1. The molecule has 0 saturated heterocycles. The van der Waals surface area contributed by atoms with Crippen LogP contribution in [0.2, 0.25) is 5.02 Å². The van der Waals surface area contributed by atoms with Crippen LogP contribution in [0.15, 0.2) is 48.7 Å². The number of carboxylic acid groups (broad SMARTS) is 1. The van der Waals surface area contributed by atoms with Gasteiger partial charge in [-0.25, -0.2) is 9.18 Å². The molecule has 4 aromatic rings. The van der Waals surface area contributed by atoms with Gasteiger partial charge in [0.15, 0.2) is 0 Å². The lowest BCUT2D eigenvalue weighted by atomic mass is 10.1. The molecule has 1 saturated carbocycles. The van der Waals surface area contributed by atoms with E-state index < -0.39 is 45.9 Å². The quantitative estimate of drug-likeness (QED) is 0.304. The molecule has 8 nitrogen and oxygen atoms in total. The van der Waals surface area contributed by atoms with E-state index in [1.807, 2.05) is 0 Å². The van der Waals surface area contributed by atoms with Gasteiger partial charge in [-0.2, -0.15) is 23.0 Å². The molecule has 1 aliphatic carbocycles. The number of fused-ring (bicyclic) bond motifs is 1. The first kappa shape index (κ1) is 26.3. The summed E-state index contributed by atoms with van der Waals surface area (Å²) in [7, 11) is 0. The lowest BCUT2D eigenvalue weighted by Gasteiger charge is -2.13. The first-order valence-electron chi connectivity index (χ1n) is 11.6. The zero-order chi connectivity index (χ0) is 28.1.